The number of hydrogen-bond acceptors (Lipinski definition) is 9. The predicted octanol–water partition coefficient (Wildman–Crippen LogP) is 6.58. The topological polar surface area (TPSA) is 128 Å². The average molecular weight is 695 g/mol. The van der Waals surface area contributed by atoms with E-state index in [2.05, 4.69) is 25.8 Å². The van der Waals surface area contributed by atoms with Crippen LogP contribution in [0.5, 0.6) is 5.88 Å². The van der Waals surface area contributed by atoms with Crippen LogP contribution >= 0.6 is 15.9 Å². The van der Waals surface area contributed by atoms with E-state index in [4.69, 9.17) is 14.2 Å². The second-order valence-corrected chi connectivity index (χ2v) is 15.0. The molecule has 6 rings (SSSR count). The Labute approximate surface area is 270 Å². The Kier molecular flexibility index (Phi) is 8.71. The Morgan fingerprint density at radius 2 is 1.87 bits per heavy atom. The lowest BCUT2D eigenvalue weighted by Gasteiger charge is -2.44. The summed E-state index contributed by atoms with van der Waals surface area (Å²) < 4.78 is 33.6. The Balaban J connectivity index is 1.70. The Morgan fingerprint density at radius 3 is 2.44 bits per heavy atom. The molecule has 4 atom stereocenters. The van der Waals surface area contributed by atoms with Gasteiger partial charge in [0.2, 0.25) is 0 Å². The Bertz CT molecular complexity index is 1540. The van der Waals surface area contributed by atoms with Crippen LogP contribution in [-0.4, -0.2) is 88.0 Å². The van der Waals surface area contributed by atoms with Crippen molar-refractivity contribution in [2.75, 3.05) is 31.6 Å². The molecule has 1 aromatic carbocycles. The van der Waals surface area contributed by atoms with E-state index in [-0.39, 0.29) is 52.1 Å². The van der Waals surface area contributed by atoms with E-state index in [1.54, 1.807) is 59.4 Å². The third-order valence-electron chi connectivity index (χ3n) is 8.53. The molecule has 2 bridgehead atoms. The molecule has 45 heavy (non-hydrogen) atoms. The third-order valence-corrected chi connectivity index (χ3v) is 9.51. The van der Waals surface area contributed by atoms with Gasteiger partial charge in [-0.1, -0.05) is 0 Å². The number of benzene rings is 1. The molecule has 12 nitrogen and oxygen atoms in total. The van der Waals surface area contributed by atoms with Crippen LogP contribution in [0.15, 0.2) is 10.5 Å². The van der Waals surface area contributed by atoms with Crippen LogP contribution in [0.25, 0.3) is 10.9 Å². The first kappa shape index (κ1) is 33.1. The highest BCUT2D eigenvalue weighted by Gasteiger charge is 2.60. The number of ether oxygens (including phenoxy) is 3. The minimum atomic E-state index is -0.961. The third kappa shape index (κ3) is 6.40. The molecular weight excluding hydrogens is 653 g/mol. The monoisotopic (exact) mass is 693 g/mol. The van der Waals surface area contributed by atoms with Gasteiger partial charge in [0.1, 0.15) is 29.0 Å². The van der Waals surface area contributed by atoms with Crippen molar-refractivity contribution in [1.82, 2.24) is 14.8 Å². The highest BCUT2D eigenvalue weighted by atomic mass is 79.9. The zero-order chi connectivity index (χ0) is 33.2. The van der Waals surface area contributed by atoms with Crippen LogP contribution in [-0.2, 0) is 9.47 Å². The highest BCUT2D eigenvalue weighted by molar-refractivity contribution is 9.10. The molecule has 4 aliphatic rings. The first-order valence-corrected chi connectivity index (χ1v) is 16.0. The summed E-state index contributed by atoms with van der Waals surface area (Å²) in [5.41, 5.74) is -2.18. The zero-order valence-electron chi connectivity index (χ0n) is 27.0. The maximum atomic E-state index is 15.9. The minimum absolute atomic E-state index is 0.00743. The van der Waals surface area contributed by atoms with E-state index in [0.717, 1.165) is 19.4 Å². The summed E-state index contributed by atoms with van der Waals surface area (Å²) >= 11 is 3.27. The summed E-state index contributed by atoms with van der Waals surface area (Å²) in [6, 6.07) is 0.359. The fourth-order valence-electron chi connectivity index (χ4n) is 6.47. The molecule has 2 amide bonds. The van der Waals surface area contributed by atoms with Crippen molar-refractivity contribution in [3.63, 3.8) is 0 Å². The number of nitrogens with zero attached hydrogens (tertiary/aromatic N) is 5. The van der Waals surface area contributed by atoms with Crippen LogP contribution < -0.4 is 9.64 Å². The molecule has 3 saturated heterocycles. The normalized spacial score (nSPS) is 23.2. The lowest BCUT2D eigenvalue weighted by molar-refractivity contribution is -0.385. The summed E-state index contributed by atoms with van der Waals surface area (Å²) in [5, 5.41) is 13.0. The number of fused-ring (bicyclic) bond motifs is 2. The number of carbonyl (C=O) groups is 2. The van der Waals surface area contributed by atoms with Gasteiger partial charge in [-0.3, -0.25) is 15.0 Å². The lowest BCUT2D eigenvalue weighted by Crippen LogP contribution is -2.58. The summed E-state index contributed by atoms with van der Waals surface area (Å²) in [6.07, 6.45) is 0.961. The van der Waals surface area contributed by atoms with Crippen molar-refractivity contribution in [3.8, 4) is 5.88 Å². The van der Waals surface area contributed by atoms with E-state index in [9.17, 15) is 19.7 Å². The number of carbonyl (C=O) groups excluding carboxylic acids is 2. The fourth-order valence-corrected chi connectivity index (χ4v) is 6.77. The molecule has 246 valence electrons. The van der Waals surface area contributed by atoms with E-state index in [1.807, 2.05) is 7.05 Å². The van der Waals surface area contributed by atoms with Gasteiger partial charge in [0.25, 0.3) is 5.88 Å². The number of anilines is 1. The summed E-state index contributed by atoms with van der Waals surface area (Å²) in [7, 11) is 1.95. The van der Waals surface area contributed by atoms with Crippen molar-refractivity contribution >= 4 is 50.4 Å². The number of halogens is 2. The van der Waals surface area contributed by atoms with Crippen molar-refractivity contribution in [3.05, 3.63) is 32.0 Å². The number of pyridine rings is 1. The van der Waals surface area contributed by atoms with Gasteiger partial charge in [0, 0.05) is 23.9 Å². The van der Waals surface area contributed by atoms with Crippen molar-refractivity contribution in [2.45, 2.75) is 97.1 Å². The maximum Gasteiger partial charge on any atom is 0.415 e. The first-order chi connectivity index (χ1) is 20.9. The zero-order valence-corrected chi connectivity index (χ0v) is 28.6. The van der Waals surface area contributed by atoms with Gasteiger partial charge in [0.05, 0.1) is 21.5 Å². The Hall–Kier alpha value is -3.26. The quantitative estimate of drug-likeness (QED) is 0.244. The van der Waals surface area contributed by atoms with Crippen LogP contribution in [0.3, 0.4) is 0 Å². The lowest BCUT2D eigenvalue weighted by atomic mass is 9.78. The number of nitro groups is 1. The maximum absolute atomic E-state index is 15.9. The van der Waals surface area contributed by atoms with Crippen molar-refractivity contribution < 1.29 is 33.1 Å². The SMILES string of the molecule is Cc1cc2c(N(C(=O)OC(C)(C)C)C3C4CC3N(C(=O)OC(C)(C)C)C4)c([N+](=O)[O-])c(OCC3CCCN3C)nc2c(F)c1Br. The number of likely N-dealkylation sites (N-methyl/N-ethyl adjacent to an activating group) is 1. The van der Waals surface area contributed by atoms with Crippen LogP contribution in [0.4, 0.5) is 25.4 Å². The van der Waals surface area contributed by atoms with E-state index < -0.39 is 51.9 Å². The van der Waals surface area contributed by atoms with Gasteiger partial charge in [-0.15, -0.1) is 0 Å². The summed E-state index contributed by atoms with van der Waals surface area (Å²) in [6.45, 7) is 13.3. The minimum Gasteiger partial charge on any atom is -0.471 e. The number of likely N-dealkylation sites (tertiary alicyclic amines) is 1. The van der Waals surface area contributed by atoms with Crippen LogP contribution in [0, 0.1) is 28.8 Å². The molecule has 1 aromatic heterocycles. The number of aromatic nitrogens is 1. The molecule has 14 heteroatoms. The van der Waals surface area contributed by atoms with Gasteiger partial charge < -0.3 is 24.0 Å². The fraction of sp³-hybridized carbons (Fsp3) is 0.645. The van der Waals surface area contributed by atoms with Gasteiger partial charge >= 0.3 is 17.9 Å². The number of rotatable bonds is 6. The number of hydrogen-bond donors (Lipinski definition) is 0. The van der Waals surface area contributed by atoms with Gasteiger partial charge in [0.15, 0.2) is 5.82 Å². The molecule has 1 saturated carbocycles. The number of aryl methyl sites for hydroxylation is 1. The van der Waals surface area contributed by atoms with Crippen molar-refractivity contribution in [2.24, 2.45) is 5.92 Å². The molecule has 4 heterocycles. The van der Waals surface area contributed by atoms with E-state index in [0.29, 0.717) is 12.0 Å². The summed E-state index contributed by atoms with van der Waals surface area (Å²) in [5.74, 6) is -1.35. The Morgan fingerprint density at radius 1 is 1.20 bits per heavy atom. The molecule has 4 unspecified atom stereocenters. The highest BCUT2D eigenvalue weighted by Crippen LogP contribution is 2.51. The van der Waals surface area contributed by atoms with Gasteiger partial charge in [-0.05, 0) is 109 Å². The molecule has 0 N–H and O–H groups in total. The molecule has 0 radical (unpaired) electrons. The second kappa shape index (κ2) is 11.8. The predicted molar refractivity (Wildman–Crippen MR) is 169 cm³/mol. The van der Waals surface area contributed by atoms with Crippen LogP contribution in [0.2, 0.25) is 0 Å². The van der Waals surface area contributed by atoms with Crippen LogP contribution in [0.1, 0.15) is 66.4 Å². The molecule has 4 fully saturated rings. The molecule has 1 aliphatic carbocycles. The van der Waals surface area contributed by atoms with E-state index in [1.165, 1.54) is 4.90 Å². The standard InChI is InChI=1S/C31H41BrFN5O7/c1-16-12-19-23(22(33)21(16)32)34-27(43-15-18-10-9-11-35(18)8)26(38(41)42)25(19)37(29(40)45-31(5,6)7)24-17-13-20(24)36(14-17)28(39)44-30(2,3)4/h12,17-18,20,24H,9-11,13-15H2,1-8H3. The molecule has 3 aliphatic heterocycles. The number of amides is 2. The molecular formula is C31H41BrFN5O7. The smallest absolute Gasteiger partial charge is 0.415 e. The van der Waals surface area contributed by atoms with Gasteiger partial charge in [-0.25, -0.2) is 19.0 Å². The largest absolute Gasteiger partial charge is 0.471 e. The molecule has 0 spiro atoms. The van der Waals surface area contributed by atoms with Gasteiger partial charge in [-0.2, -0.15) is 0 Å². The molecule has 2 aromatic rings. The van der Waals surface area contributed by atoms with Crippen molar-refractivity contribution in [1.29, 1.82) is 0 Å². The second-order valence-electron chi connectivity index (χ2n) is 14.2. The average Bonchev–Trinajstić information content (AvgIpc) is 3.62. The first-order valence-electron chi connectivity index (χ1n) is 15.2. The summed E-state index contributed by atoms with van der Waals surface area (Å²) in [4.78, 5) is 48.9. The van der Waals surface area contributed by atoms with E-state index >= 15 is 4.39 Å².